The highest BCUT2D eigenvalue weighted by Crippen LogP contribution is 2.28. The Morgan fingerprint density at radius 2 is 2.07 bits per heavy atom. The predicted molar refractivity (Wildman–Crippen MR) is 45.9 cm³/mol. The Morgan fingerprint density at radius 3 is 2.93 bits per heavy atom. The molecule has 1 aliphatic heterocycles. The van der Waals surface area contributed by atoms with Crippen molar-refractivity contribution < 1.29 is 16.9 Å². The highest BCUT2D eigenvalue weighted by atomic mass is 32.3. The van der Waals surface area contributed by atoms with Gasteiger partial charge in [-0.3, -0.25) is 0 Å². The van der Waals surface area contributed by atoms with Crippen molar-refractivity contribution in [3.05, 3.63) is 24.3 Å². The molecule has 7 heteroatoms. The molecule has 0 radical (unpaired) electrons. The molecule has 0 N–H and O–H groups in total. The zero-order chi connectivity index (χ0) is 9.76. The fraction of sp³-hybridized carbons (Fsp3) is 0. The minimum atomic E-state index is -3.99. The molecule has 72 valence electrons. The van der Waals surface area contributed by atoms with Gasteiger partial charge < -0.3 is 4.18 Å². The molecule has 0 saturated carbocycles. The molecule has 1 aliphatic rings. The molecule has 1 aromatic carbocycles. The summed E-state index contributed by atoms with van der Waals surface area (Å²) in [6, 6.07) is 6.92. The van der Waals surface area contributed by atoms with Crippen molar-refractivity contribution in [1.29, 1.82) is 0 Å². The highest BCUT2D eigenvalue weighted by Gasteiger charge is 2.28. The molecule has 2 aromatic rings. The summed E-state index contributed by atoms with van der Waals surface area (Å²) in [4.78, 5) is 0.934. The van der Waals surface area contributed by atoms with E-state index in [1.165, 1.54) is 0 Å². The Bertz CT molecular complexity index is 570. The highest BCUT2D eigenvalue weighted by molar-refractivity contribution is 7.82. The summed E-state index contributed by atoms with van der Waals surface area (Å²) in [5.74, 6) is 0.0480. The van der Waals surface area contributed by atoms with E-state index in [4.69, 9.17) is 0 Å². The van der Waals surface area contributed by atoms with Crippen LogP contribution in [0.3, 0.4) is 0 Å². The van der Waals surface area contributed by atoms with Gasteiger partial charge in [0.25, 0.3) is 5.88 Å². The lowest BCUT2D eigenvalue weighted by atomic mass is 10.2. The number of hydrogen-bond acceptors (Lipinski definition) is 5. The zero-order valence-electron chi connectivity index (χ0n) is 6.75. The number of nitrogens with zero attached hydrogens (tertiary/aromatic N) is 2. The number of para-hydroxylation sites is 1. The van der Waals surface area contributed by atoms with Gasteiger partial charge in [-0.15, -0.1) is 8.42 Å². The van der Waals surface area contributed by atoms with Crippen molar-refractivity contribution in [2.45, 2.75) is 0 Å². The maximum Gasteiger partial charge on any atom is 0.523 e. The van der Waals surface area contributed by atoms with Crippen LogP contribution in [-0.4, -0.2) is 18.4 Å². The lowest BCUT2D eigenvalue weighted by Gasteiger charge is -2.07. The van der Waals surface area contributed by atoms with Crippen LogP contribution in [0.25, 0.3) is 10.9 Å². The third-order valence-electron chi connectivity index (χ3n) is 1.87. The van der Waals surface area contributed by atoms with Crippen LogP contribution in [0, 0.1) is 0 Å². The summed E-state index contributed by atoms with van der Waals surface area (Å²) < 4.78 is 31.1. The molecule has 0 saturated heterocycles. The van der Waals surface area contributed by atoms with Crippen molar-refractivity contribution in [2.24, 2.45) is 0 Å². The smallest absolute Gasteiger partial charge is 0.328 e. The average molecular weight is 212 g/mol. The molecule has 14 heavy (non-hydrogen) atoms. The van der Waals surface area contributed by atoms with Crippen molar-refractivity contribution in [3.8, 4) is 5.88 Å². The molecule has 0 aliphatic carbocycles. The number of aromatic nitrogens is 2. The number of hydrogen-bond donors (Lipinski definition) is 0. The Morgan fingerprint density at radius 1 is 1.29 bits per heavy atom. The van der Waals surface area contributed by atoms with Crippen LogP contribution in [0.15, 0.2) is 24.3 Å². The fourth-order valence-electron chi connectivity index (χ4n) is 1.33. The van der Waals surface area contributed by atoms with E-state index >= 15 is 0 Å². The summed E-state index contributed by atoms with van der Waals surface area (Å²) in [7, 11) is -3.99. The maximum absolute atomic E-state index is 11.0. The Balaban J connectivity index is 2.43. The fourth-order valence-corrected chi connectivity index (χ4v) is 1.96. The van der Waals surface area contributed by atoms with Gasteiger partial charge in [-0.2, -0.15) is 0 Å². The minimum absolute atomic E-state index is 0.0480. The van der Waals surface area contributed by atoms with Crippen LogP contribution >= 0.6 is 0 Å². The molecular formula is C7H4N2O4S. The lowest BCUT2D eigenvalue weighted by molar-refractivity contribution is 0.195. The second-order valence-corrected chi connectivity index (χ2v) is 3.89. The van der Waals surface area contributed by atoms with Crippen molar-refractivity contribution in [1.82, 2.24) is 9.94 Å². The first kappa shape index (κ1) is 7.63. The van der Waals surface area contributed by atoms with E-state index in [0.717, 1.165) is 4.85 Å². The Hall–Kier alpha value is -1.76. The van der Waals surface area contributed by atoms with Crippen molar-refractivity contribution in [2.75, 3.05) is 0 Å². The predicted octanol–water partition coefficient (Wildman–Crippen LogP) is 0.102. The molecule has 3 rings (SSSR count). The maximum atomic E-state index is 11.0. The molecule has 0 amide bonds. The minimum Gasteiger partial charge on any atom is -0.328 e. The van der Waals surface area contributed by atoms with Gasteiger partial charge in [-0.1, -0.05) is 22.1 Å². The summed E-state index contributed by atoms with van der Waals surface area (Å²) in [5.41, 5.74) is 0.559. The van der Waals surface area contributed by atoms with Gasteiger partial charge in [0.15, 0.2) is 0 Å². The van der Waals surface area contributed by atoms with E-state index in [9.17, 15) is 8.42 Å². The second kappa shape index (κ2) is 2.18. The summed E-state index contributed by atoms with van der Waals surface area (Å²) in [6.45, 7) is 0. The summed E-state index contributed by atoms with van der Waals surface area (Å²) in [5, 5.41) is 4.39. The first-order valence-corrected chi connectivity index (χ1v) is 5.11. The molecule has 0 fully saturated rings. The molecule has 6 nitrogen and oxygen atoms in total. The van der Waals surface area contributed by atoms with Gasteiger partial charge in [-0.05, 0) is 12.1 Å². The lowest BCUT2D eigenvalue weighted by Crippen LogP contribution is -2.28. The van der Waals surface area contributed by atoms with Gasteiger partial charge in [0, 0.05) is 0 Å². The average Bonchev–Trinajstić information content (AvgIpc) is 2.39. The monoisotopic (exact) mass is 212 g/mol. The zero-order valence-corrected chi connectivity index (χ0v) is 7.56. The Kier molecular flexibility index (Phi) is 1.19. The van der Waals surface area contributed by atoms with Gasteiger partial charge in [0.1, 0.15) is 5.52 Å². The van der Waals surface area contributed by atoms with Crippen LogP contribution in [-0.2, 0) is 10.4 Å². The quantitative estimate of drug-likeness (QED) is 0.619. The van der Waals surface area contributed by atoms with Crippen molar-refractivity contribution in [3.63, 3.8) is 0 Å². The first-order chi connectivity index (χ1) is 6.66. The number of rotatable bonds is 0. The molecule has 1 aromatic heterocycles. The largest absolute Gasteiger partial charge is 0.523 e. The van der Waals surface area contributed by atoms with Crippen LogP contribution in [0.2, 0.25) is 0 Å². The molecule has 2 heterocycles. The van der Waals surface area contributed by atoms with E-state index in [1.54, 1.807) is 24.3 Å². The second-order valence-electron chi connectivity index (χ2n) is 2.76. The summed E-state index contributed by atoms with van der Waals surface area (Å²) >= 11 is 0. The first-order valence-electron chi connectivity index (χ1n) is 3.78. The molecule has 0 atom stereocenters. The molecule has 0 unspecified atom stereocenters. The topological polar surface area (TPSA) is 70.4 Å². The van der Waals surface area contributed by atoms with E-state index in [1.807, 2.05) is 0 Å². The SMILES string of the molecule is O=S1(=O)Oc2nn(c3ccccc23)O1. The van der Waals surface area contributed by atoms with Gasteiger partial charge in [-0.25, -0.2) is 4.28 Å². The van der Waals surface area contributed by atoms with E-state index in [-0.39, 0.29) is 5.88 Å². The normalized spacial score (nSPS) is 17.4. The van der Waals surface area contributed by atoms with Gasteiger partial charge >= 0.3 is 10.4 Å². The summed E-state index contributed by atoms with van der Waals surface area (Å²) in [6.07, 6.45) is 0. The van der Waals surface area contributed by atoms with E-state index in [2.05, 4.69) is 13.6 Å². The van der Waals surface area contributed by atoms with E-state index in [0.29, 0.717) is 10.9 Å². The number of fused-ring (bicyclic) bond motifs is 5. The molecular weight excluding hydrogens is 208 g/mol. The molecule has 2 bridgehead atoms. The van der Waals surface area contributed by atoms with Crippen LogP contribution in [0.1, 0.15) is 0 Å². The molecule has 0 spiro atoms. The van der Waals surface area contributed by atoms with Crippen molar-refractivity contribution >= 4 is 21.3 Å². The standard InChI is InChI=1S/C7H4N2O4S/c10-14(11)12-7-5-3-1-2-4-6(5)9(8-7)13-14/h1-4H. The number of benzene rings is 1. The third kappa shape index (κ3) is 0.896. The van der Waals surface area contributed by atoms with Gasteiger partial charge in [0.2, 0.25) is 0 Å². The van der Waals surface area contributed by atoms with Crippen LogP contribution in [0.4, 0.5) is 0 Å². The van der Waals surface area contributed by atoms with E-state index < -0.39 is 10.4 Å². The Labute approximate surface area is 78.9 Å². The third-order valence-corrected chi connectivity index (χ3v) is 2.55. The van der Waals surface area contributed by atoms with Crippen LogP contribution in [0.5, 0.6) is 5.88 Å². The van der Waals surface area contributed by atoms with Crippen LogP contribution < -0.4 is 8.47 Å². The van der Waals surface area contributed by atoms with Gasteiger partial charge in [0.05, 0.1) is 5.39 Å².